The van der Waals surface area contributed by atoms with Crippen molar-refractivity contribution in [3.05, 3.63) is 41.2 Å². The number of halogens is 1. The van der Waals surface area contributed by atoms with Crippen LogP contribution >= 0.6 is 11.6 Å². The van der Waals surface area contributed by atoms with Crippen molar-refractivity contribution in [3.63, 3.8) is 0 Å². The van der Waals surface area contributed by atoms with Gasteiger partial charge in [0.2, 0.25) is 0 Å². The van der Waals surface area contributed by atoms with Crippen molar-refractivity contribution < 1.29 is 4.79 Å². The Hall–Kier alpha value is -2.01. The van der Waals surface area contributed by atoms with Gasteiger partial charge in [-0.3, -0.25) is 9.48 Å². The van der Waals surface area contributed by atoms with Crippen molar-refractivity contribution in [1.29, 1.82) is 0 Å². The van der Waals surface area contributed by atoms with Crippen LogP contribution in [0.15, 0.2) is 30.5 Å². The molecular formula is C12H13ClN4O. The van der Waals surface area contributed by atoms with Crippen LogP contribution in [0.1, 0.15) is 17.4 Å². The average Bonchev–Trinajstić information content (AvgIpc) is 2.75. The van der Waals surface area contributed by atoms with Crippen LogP contribution in [0.2, 0.25) is 5.02 Å². The normalized spacial score (nSPS) is 10.3. The lowest BCUT2D eigenvalue weighted by atomic mass is 10.3. The van der Waals surface area contributed by atoms with Crippen LogP contribution in [0.3, 0.4) is 0 Å². The van der Waals surface area contributed by atoms with Gasteiger partial charge in [-0.05, 0) is 31.2 Å². The molecule has 1 amide bonds. The predicted molar refractivity (Wildman–Crippen MR) is 71.2 cm³/mol. The Morgan fingerprint density at radius 1 is 1.44 bits per heavy atom. The number of rotatable bonds is 4. The van der Waals surface area contributed by atoms with Crippen molar-refractivity contribution in [1.82, 2.24) is 9.78 Å². The third kappa shape index (κ3) is 2.46. The van der Waals surface area contributed by atoms with E-state index >= 15 is 0 Å². The van der Waals surface area contributed by atoms with Gasteiger partial charge in [-0.25, -0.2) is 0 Å². The lowest BCUT2D eigenvalue weighted by Gasteiger charge is -2.07. The molecule has 2 aromatic rings. The minimum absolute atomic E-state index is 0.368. The SMILES string of the molecule is CCn1ncc(Nc2ccc(Cl)cc2)c1C(N)=O. The Labute approximate surface area is 110 Å². The van der Waals surface area contributed by atoms with Gasteiger partial charge in [0.1, 0.15) is 5.69 Å². The van der Waals surface area contributed by atoms with Crippen LogP contribution in [0, 0.1) is 0 Å². The van der Waals surface area contributed by atoms with E-state index in [4.69, 9.17) is 17.3 Å². The predicted octanol–water partition coefficient (Wildman–Crippen LogP) is 2.40. The molecule has 2 rings (SSSR count). The smallest absolute Gasteiger partial charge is 0.269 e. The molecule has 0 aliphatic carbocycles. The molecule has 6 heteroatoms. The number of carbonyl (C=O) groups is 1. The van der Waals surface area contributed by atoms with Gasteiger partial charge in [-0.15, -0.1) is 0 Å². The molecule has 0 saturated heterocycles. The van der Waals surface area contributed by atoms with Crippen LogP contribution in [-0.4, -0.2) is 15.7 Å². The van der Waals surface area contributed by atoms with Crippen LogP contribution in [0.25, 0.3) is 0 Å². The molecule has 0 aliphatic rings. The highest BCUT2D eigenvalue weighted by Gasteiger charge is 2.15. The molecule has 0 saturated carbocycles. The highest BCUT2D eigenvalue weighted by Crippen LogP contribution is 2.21. The summed E-state index contributed by atoms with van der Waals surface area (Å²) in [6, 6.07) is 7.16. The molecule has 1 heterocycles. The maximum atomic E-state index is 11.4. The third-order valence-electron chi connectivity index (χ3n) is 2.50. The van der Waals surface area contributed by atoms with E-state index in [9.17, 15) is 4.79 Å². The maximum absolute atomic E-state index is 11.4. The number of hydrogen-bond donors (Lipinski definition) is 2. The highest BCUT2D eigenvalue weighted by molar-refractivity contribution is 6.30. The average molecular weight is 265 g/mol. The summed E-state index contributed by atoms with van der Waals surface area (Å²) in [4.78, 5) is 11.4. The van der Waals surface area contributed by atoms with E-state index in [0.717, 1.165) is 5.69 Å². The first-order chi connectivity index (χ1) is 8.61. The monoisotopic (exact) mass is 264 g/mol. The number of aryl methyl sites for hydroxylation is 1. The maximum Gasteiger partial charge on any atom is 0.269 e. The Bertz CT molecular complexity index is 562. The van der Waals surface area contributed by atoms with E-state index in [-0.39, 0.29) is 0 Å². The number of nitrogens with zero attached hydrogens (tertiary/aromatic N) is 2. The number of primary amides is 1. The summed E-state index contributed by atoms with van der Waals surface area (Å²) in [7, 11) is 0. The zero-order valence-electron chi connectivity index (χ0n) is 9.85. The molecule has 1 aromatic heterocycles. The number of nitrogens with one attached hydrogen (secondary N) is 1. The second-order valence-electron chi connectivity index (χ2n) is 3.72. The lowest BCUT2D eigenvalue weighted by Crippen LogP contribution is -2.18. The zero-order chi connectivity index (χ0) is 13.1. The van der Waals surface area contributed by atoms with Gasteiger partial charge in [0.25, 0.3) is 5.91 Å². The summed E-state index contributed by atoms with van der Waals surface area (Å²) in [5.74, 6) is -0.509. The molecule has 94 valence electrons. The second-order valence-corrected chi connectivity index (χ2v) is 4.16. The Kier molecular flexibility index (Phi) is 3.53. The molecule has 1 aromatic carbocycles. The third-order valence-corrected chi connectivity index (χ3v) is 2.75. The van der Waals surface area contributed by atoms with Crippen molar-refractivity contribution in [3.8, 4) is 0 Å². The number of hydrogen-bond acceptors (Lipinski definition) is 3. The van der Waals surface area contributed by atoms with Gasteiger partial charge < -0.3 is 11.1 Å². The molecular weight excluding hydrogens is 252 g/mol. The van der Waals surface area contributed by atoms with Crippen molar-refractivity contribution in [2.24, 2.45) is 5.73 Å². The fourth-order valence-electron chi connectivity index (χ4n) is 1.67. The summed E-state index contributed by atoms with van der Waals surface area (Å²) in [5, 5.41) is 7.84. The second kappa shape index (κ2) is 5.10. The van der Waals surface area contributed by atoms with Gasteiger partial charge in [-0.1, -0.05) is 11.6 Å². The first-order valence-electron chi connectivity index (χ1n) is 5.50. The summed E-state index contributed by atoms with van der Waals surface area (Å²) in [6.07, 6.45) is 1.58. The van der Waals surface area contributed by atoms with E-state index in [1.807, 2.05) is 19.1 Å². The Morgan fingerprint density at radius 2 is 2.11 bits per heavy atom. The standard InChI is InChI=1S/C12H13ClN4O/c1-2-17-11(12(14)18)10(7-15-17)16-9-5-3-8(13)4-6-9/h3-7,16H,2H2,1H3,(H2,14,18). The van der Waals surface area contributed by atoms with Crippen molar-refractivity contribution in [2.75, 3.05) is 5.32 Å². The summed E-state index contributed by atoms with van der Waals surface area (Å²) in [5.41, 5.74) is 7.13. The van der Waals surface area contributed by atoms with Gasteiger partial charge in [0, 0.05) is 17.3 Å². The van der Waals surface area contributed by atoms with E-state index in [1.165, 1.54) is 0 Å². The molecule has 0 radical (unpaired) electrons. The molecule has 0 spiro atoms. The summed E-state index contributed by atoms with van der Waals surface area (Å²) < 4.78 is 1.56. The van der Waals surface area contributed by atoms with Gasteiger partial charge in [-0.2, -0.15) is 5.10 Å². The van der Waals surface area contributed by atoms with Crippen LogP contribution in [0.5, 0.6) is 0 Å². The van der Waals surface area contributed by atoms with Gasteiger partial charge in [0.05, 0.1) is 11.9 Å². The van der Waals surface area contributed by atoms with E-state index in [2.05, 4.69) is 10.4 Å². The number of nitrogens with two attached hydrogens (primary N) is 1. The first kappa shape index (κ1) is 12.4. The molecule has 0 bridgehead atoms. The molecule has 0 unspecified atom stereocenters. The number of amides is 1. The number of benzene rings is 1. The molecule has 18 heavy (non-hydrogen) atoms. The van der Waals surface area contributed by atoms with E-state index < -0.39 is 5.91 Å². The number of anilines is 2. The Balaban J connectivity index is 2.31. The summed E-state index contributed by atoms with van der Waals surface area (Å²) >= 11 is 5.80. The van der Waals surface area contributed by atoms with Gasteiger partial charge in [0.15, 0.2) is 0 Å². The minimum Gasteiger partial charge on any atom is -0.364 e. The van der Waals surface area contributed by atoms with Crippen LogP contribution in [-0.2, 0) is 6.54 Å². The molecule has 0 fully saturated rings. The van der Waals surface area contributed by atoms with Crippen molar-refractivity contribution in [2.45, 2.75) is 13.5 Å². The lowest BCUT2D eigenvalue weighted by molar-refractivity contribution is 0.0991. The number of carbonyl (C=O) groups excluding carboxylic acids is 1. The Morgan fingerprint density at radius 3 is 2.67 bits per heavy atom. The molecule has 3 N–H and O–H groups in total. The van der Waals surface area contributed by atoms with Crippen LogP contribution in [0.4, 0.5) is 11.4 Å². The molecule has 0 aliphatic heterocycles. The fraction of sp³-hybridized carbons (Fsp3) is 0.167. The minimum atomic E-state index is -0.509. The van der Waals surface area contributed by atoms with Gasteiger partial charge >= 0.3 is 0 Å². The first-order valence-corrected chi connectivity index (χ1v) is 5.87. The summed E-state index contributed by atoms with van der Waals surface area (Å²) in [6.45, 7) is 2.48. The topological polar surface area (TPSA) is 72.9 Å². The van der Waals surface area contributed by atoms with E-state index in [1.54, 1.807) is 23.0 Å². The zero-order valence-corrected chi connectivity index (χ0v) is 10.6. The number of aromatic nitrogens is 2. The molecule has 5 nitrogen and oxygen atoms in total. The van der Waals surface area contributed by atoms with Crippen LogP contribution < -0.4 is 11.1 Å². The highest BCUT2D eigenvalue weighted by atomic mass is 35.5. The van der Waals surface area contributed by atoms with E-state index in [0.29, 0.717) is 22.9 Å². The fourth-order valence-corrected chi connectivity index (χ4v) is 1.79. The quantitative estimate of drug-likeness (QED) is 0.891. The largest absolute Gasteiger partial charge is 0.364 e. The molecule has 0 atom stereocenters. The van der Waals surface area contributed by atoms with Crippen molar-refractivity contribution >= 4 is 28.9 Å².